The van der Waals surface area contributed by atoms with Crippen molar-refractivity contribution in [2.24, 2.45) is 0 Å². The predicted molar refractivity (Wildman–Crippen MR) is 91.6 cm³/mol. The van der Waals surface area contributed by atoms with Crippen LogP contribution in [0.25, 0.3) is 0 Å². The van der Waals surface area contributed by atoms with Crippen molar-refractivity contribution in [1.29, 1.82) is 0 Å². The Balaban J connectivity index is 2.19. The van der Waals surface area contributed by atoms with E-state index in [0.717, 1.165) is 12.0 Å². The van der Waals surface area contributed by atoms with E-state index in [2.05, 4.69) is 5.32 Å². The third-order valence-electron chi connectivity index (χ3n) is 3.54. The molecule has 1 N–H and O–H groups in total. The molecule has 1 aliphatic heterocycles. The van der Waals surface area contributed by atoms with Crippen molar-refractivity contribution in [3.8, 4) is 0 Å². The first-order chi connectivity index (χ1) is 10.9. The molecular formula is C17H21FN2O2S. The maximum atomic E-state index is 13.7. The number of carbonyl (C=O) groups is 2. The van der Waals surface area contributed by atoms with Crippen molar-refractivity contribution < 1.29 is 14.0 Å². The normalized spacial score (nSPS) is 20.3. The monoisotopic (exact) mass is 336 g/mol. The highest BCUT2D eigenvalue weighted by Gasteiger charge is 2.40. The van der Waals surface area contributed by atoms with Crippen LogP contribution < -0.4 is 5.32 Å². The fourth-order valence-corrected chi connectivity index (χ4v) is 3.84. The first kappa shape index (κ1) is 17.5. The van der Waals surface area contributed by atoms with Crippen LogP contribution in [0.3, 0.4) is 0 Å². The highest BCUT2D eigenvalue weighted by atomic mass is 32.2. The Labute approximate surface area is 140 Å². The number of allylic oxidation sites excluding steroid dienone is 1. The van der Waals surface area contributed by atoms with Gasteiger partial charge in [-0.3, -0.25) is 9.59 Å². The minimum atomic E-state index is -0.590. The van der Waals surface area contributed by atoms with E-state index >= 15 is 0 Å². The largest absolute Gasteiger partial charge is 0.322 e. The lowest BCUT2D eigenvalue weighted by Crippen LogP contribution is -2.47. The number of benzene rings is 1. The average molecular weight is 336 g/mol. The van der Waals surface area contributed by atoms with Crippen molar-refractivity contribution in [2.75, 3.05) is 11.1 Å². The second kappa shape index (κ2) is 7.64. The highest BCUT2D eigenvalue weighted by Crippen LogP contribution is 2.32. The summed E-state index contributed by atoms with van der Waals surface area (Å²) in [5.41, 5.74) is 1.02. The number of hydrogen-bond donors (Lipinski definition) is 1. The molecule has 2 amide bonds. The molecule has 0 aromatic heterocycles. The van der Waals surface area contributed by atoms with E-state index in [4.69, 9.17) is 0 Å². The summed E-state index contributed by atoms with van der Waals surface area (Å²) >= 11 is 1.58. The Bertz CT molecular complexity index is 629. The number of hydrogen-bond acceptors (Lipinski definition) is 3. The minimum absolute atomic E-state index is 0.0329. The van der Waals surface area contributed by atoms with Crippen LogP contribution in [0.2, 0.25) is 0 Å². The van der Waals surface area contributed by atoms with Gasteiger partial charge in [-0.1, -0.05) is 24.6 Å². The Morgan fingerprint density at radius 3 is 2.70 bits per heavy atom. The minimum Gasteiger partial charge on any atom is -0.322 e. The summed E-state index contributed by atoms with van der Waals surface area (Å²) in [5, 5.41) is 2.56. The molecule has 0 radical (unpaired) electrons. The van der Waals surface area contributed by atoms with E-state index in [1.54, 1.807) is 28.8 Å². The predicted octanol–water partition coefficient (Wildman–Crippen LogP) is 3.41. The fraction of sp³-hybridized carbons (Fsp3) is 0.412. The van der Waals surface area contributed by atoms with Crippen LogP contribution in [0.1, 0.15) is 27.2 Å². The Morgan fingerprint density at radius 2 is 2.09 bits per heavy atom. The molecule has 1 aliphatic rings. The van der Waals surface area contributed by atoms with Crippen LogP contribution >= 0.6 is 11.8 Å². The van der Waals surface area contributed by atoms with Crippen LogP contribution in [0, 0.1) is 5.82 Å². The average Bonchev–Trinajstić information content (AvgIpc) is 2.93. The summed E-state index contributed by atoms with van der Waals surface area (Å²) in [6.45, 7) is 5.67. The number of halogens is 1. The van der Waals surface area contributed by atoms with Gasteiger partial charge in [0, 0.05) is 11.8 Å². The van der Waals surface area contributed by atoms with Gasteiger partial charge in [-0.05, 0) is 32.4 Å². The third-order valence-corrected chi connectivity index (χ3v) is 5.00. The van der Waals surface area contributed by atoms with Gasteiger partial charge in [0.15, 0.2) is 0 Å². The van der Waals surface area contributed by atoms with E-state index in [-0.39, 0.29) is 22.9 Å². The smallest absolute Gasteiger partial charge is 0.248 e. The van der Waals surface area contributed by atoms with Gasteiger partial charge in [-0.2, -0.15) is 0 Å². The lowest BCUT2D eigenvalue weighted by molar-refractivity contribution is -0.134. The first-order valence-corrected chi connectivity index (χ1v) is 8.63. The number of anilines is 1. The van der Waals surface area contributed by atoms with Gasteiger partial charge in [0.1, 0.15) is 11.9 Å². The topological polar surface area (TPSA) is 49.4 Å². The molecule has 1 aromatic rings. The SMILES string of the molecule is CCC1SCC(C(=O)Nc2ccccc2F)N1C(=O)C=C(C)C. The van der Waals surface area contributed by atoms with Crippen LogP contribution in [-0.2, 0) is 9.59 Å². The molecule has 4 nitrogen and oxygen atoms in total. The van der Waals surface area contributed by atoms with E-state index in [0.29, 0.717) is 5.75 Å². The molecule has 0 aliphatic carbocycles. The summed E-state index contributed by atoms with van der Waals surface area (Å²) in [6, 6.07) is 5.43. The quantitative estimate of drug-likeness (QED) is 0.857. The van der Waals surface area contributed by atoms with Gasteiger partial charge < -0.3 is 10.2 Å². The number of para-hydroxylation sites is 1. The molecule has 2 rings (SSSR count). The number of thioether (sulfide) groups is 1. The molecule has 124 valence electrons. The van der Waals surface area contributed by atoms with Crippen LogP contribution in [0.5, 0.6) is 0 Å². The molecule has 6 heteroatoms. The van der Waals surface area contributed by atoms with Crippen molar-refractivity contribution in [3.63, 3.8) is 0 Å². The molecule has 1 saturated heterocycles. The third kappa shape index (κ3) is 4.13. The van der Waals surface area contributed by atoms with Gasteiger partial charge in [-0.25, -0.2) is 4.39 Å². The molecule has 2 atom stereocenters. The first-order valence-electron chi connectivity index (χ1n) is 7.58. The summed E-state index contributed by atoms with van der Waals surface area (Å²) in [6.07, 6.45) is 2.30. The molecule has 0 bridgehead atoms. The van der Waals surface area contributed by atoms with Gasteiger partial charge in [0.25, 0.3) is 0 Å². The molecule has 2 unspecified atom stereocenters. The van der Waals surface area contributed by atoms with E-state index in [9.17, 15) is 14.0 Å². The van der Waals surface area contributed by atoms with Crippen molar-refractivity contribution >= 4 is 29.3 Å². The number of nitrogens with one attached hydrogen (secondary N) is 1. The summed E-state index contributed by atoms with van der Waals surface area (Å²) in [4.78, 5) is 26.6. The lowest BCUT2D eigenvalue weighted by Gasteiger charge is -2.27. The molecular weight excluding hydrogens is 315 g/mol. The molecule has 0 saturated carbocycles. The van der Waals surface area contributed by atoms with Crippen molar-refractivity contribution in [1.82, 2.24) is 4.90 Å². The summed E-state index contributed by atoms with van der Waals surface area (Å²) in [5.74, 6) is -0.494. The number of rotatable bonds is 4. The Hall–Kier alpha value is -1.82. The zero-order valence-corrected chi connectivity index (χ0v) is 14.3. The molecule has 1 heterocycles. The molecule has 0 spiro atoms. The second-order valence-electron chi connectivity index (χ2n) is 5.65. The maximum Gasteiger partial charge on any atom is 0.248 e. The van der Waals surface area contributed by atoms with E-state index < -0.39 is 11.9 Å². The van der Waals surface area contributed by atoms with Gasteiger partial charge in [0.05, 0.1) is 11.1 Å². The van der Waals surface area contributed by atoms with Crippen LogP contribution in [0.4, 0.5) is 10.1 Å². The van der Waals surface area contributed by atoms with Crippen LogP contribution in [-0.4, -0.2) is 33.9 Å². The fourth-order valence-electron chi connectivity index (χ4n) is 2.48. The summed E-state index contributed by atoms with van der Waals surface area (Å²) < 4.78 is 13.7. The summed E-state index contributed by atoms with van der Waals surface area (Å²) in [7, 11) is 0. The number of carbonyl (C=O) groups excluding carboxylic acids is 2. The van der Waals surface area contributed by atoms with Crippen molar-refractivity contribution in [2.45, 2.75) is 38.6 Å². The number of nitrogens with zero attached hydrogens (tertiary/aromatic N) is 1. The highest BCUT2D eigenvalue weighted by molar-refractivity contribution is 8.00. The Kier molecular flexibility index (Phi) is 5.82. The zero-order chi connectivity index (χ0) is 17.0. The van der Waals surface area contributed by atoms with E-state index in [1.807, 2.05) is 20.8 Å². The van der Waals surface area contributed by atoms with Crippen molar-refractivity contribution in [3.05, 3.63) is 41.7 Å². The van der Waals surface area contributed by atoms with Gasteiger partial charge in [-0.15, -0.1) is 11.8 Å². The van der Waals surface area contributed by atoms with E-state index in [1.165, 1.54) is 18.2 Å². The lowest BCUT2D eigenvalue weighted by atomic mass is 10.2. The van der Waals surface area contributed by atoms with Crippen LogP contribution in [0.15, 0.2) is 35.9 Å². The second-order valence-corrected chi connectivity index (χ2v) is 6.86. The molecule has 23 heavy (non-hydrogen) atoms. The number of amides is 2. The maximum absolute atomic E-state index is 13.7. The Morgan fingerprint density at radius 1 is 1.39 bits per heavy atom. The molecule has 1 fully saturated rings. The zero-order valence-electron chi connectivity index (χ0n) is 13.5. The van der Waals surface area contributed by atoms with Gasteiger partial charge in [0.2, 0.25) is 11.8 Å². The van der Waals surface area contributed by atoms with Gasteiger partial charge >= 0.3 is 0 Å². The molecule has 1 aromatic carbocycles. The standard InChI is InChI=1S/C17H21FN2O2S/c1-4-16-20(15(21)9-11(2)3)14(10-23-16)17(22)19-13-8-6-5-7-12(13)18/h5-9,14,16H,4,10H2,1-3H3,(H,19,22).